The first-order valence-corrected chi connectivity index (χ1v) is 7.03. The zero-order valence-electron chi connectivity index (χ0n) is 10.6. The molecule has 0 aliphatic rings. The average molecular weight is 248 g/mol. The predicted molar refractivity (Wildman–Crippen MR) is 76.3 cm³/mol. The van der Waals surface area contributed by atoms with E-state index < -0.39 is 0 Å². The van der Waals surface area contributed by atoms with E-state index in [4.69, 9.17) is 5.73 Å². The Bertz CT molecular complexity index is 486. The van der Waals surface area contributed by atoms with E-state index in [1.165, 1.54) is 20.5 Å². The summed E-state index contributed by atoms with van der Waals surface area (Å²) in [5.41, 5.74) is 7.29. The SMILES string of the molecule is CCN(CC)Cc1c(CN)sc2ccccc12. The monoisotopic (exact) mass is 248 g/mol. The van der Waals surface area contributed by atoms with Crippen molar-refractivity contribution in [2.75, 3.05) is 13.1 Å². The molecule has 1 heterocycles. The van der Waals surface area contributed by atoms with Gasteiger partial charge in [-0.2, -0.15) is 0 Å². The summed E-state index contributed by atoms with van der Waals surface area (Å²) < 4.78 is 1.36. The van der Waals surface area contributed by atoms with Crippen molar-refractivity contribution < 1.29 is 0 Å². The maximum atomic E-state index is 5.87. The molecule has 2 nitrogen and oxygen atoms in total. The number of hydrogen-bond donors (Lipinski definition) is 1. The van der Waals surface area contributed by atoms with Crippen LogP contribution in [-0.4, -0.2) is 18.0 Å². The summed E-state index contributed by atoms with van der Waals surface area (Å²) in [5.74, 6) is 0. The lowest BCUT2D eigenvalue weighted by Gasteiger charge is -2.18. The molecule has 2 N–H and O–H groups in total. The van der Waals surface area contributed by atoms with E-state index in [2.05, 4.69) is 43.0 Å². The Morgan fingerprint density at radius 3 is 2.53 bits per heavy atom. The Morgan fingerprint density at radius 2 is 1.88 bits per heavy atom. The van der Waals surface area contributed by atoms with Crippen molar-refractivity contribution >= 4 is 21.4 Å². The minimum Gasteiger partial charge on any atom is -0.326 e. The van der Waals surface area contributed by atoms with E-state index >= 15 is 0 Å². The second kappa shape index (κ2) is 5.63. The molecular weight excluding hydrogens is 228 g/mol. The quantitative estimate of drug-likeness (QED) is 0.880. The van der Waals surface area contributed by atoms with Gasteiger partial charge in [-0.1, -0.05) is 32.0 Å². The van der Waals surface area contributed by atoms with Crippen LogP contribution >= 0.6 is 11.3 Å². The summed E-state index contributed by atoms with van der Waals surface area (Å²) in [7, 11) is 0. The number of nitrogens with zero attached hydrogens (tertiary/aromatic N) is 1. The van der Waals surface area contributed by atoms with Gasteiger partial charge in [0, 0.05) is 22.7 Å². The molecule has 2 aromatic rings. The third-order valence-corrected chi connectivity index (χ3v) is 4.48. The van der Waals surface area contributed by atoms with Crippen LogP contribution in [0.4, 0.5) is 0 Å². The van der Waals surface area contributed by atoms with Crippen LogP contribution in [0.15, 0.2) is 24.3 Å². The highest BCUT2D eigenvalue weighted by Gasteiger charge is 2.12. The van der Waals surface area contributed by atoms with Crippen molar-refractivity contribution in [2.24, 2.45) is 5.73 Å². The minimum atomic E-state index is 0.649. The number of fused-ring (bicyclic) bond motifs is 1. The minimum absolute atomic E-state index is 0.649. The molecule has 0 bridgehead atoms. The summed E-state index contributed by atoms with van der Waals surface area (Å²) in [6.45, 7) is 8.26. The Kier molecular flexibility index (Phi) is 4.15. The van der Waals surface area contributed by atoms with Gasteiger partial charge < -0.3 is 5.73 Å². The molecule has 17 heavy (non-hydrogen) atoms. The van der Waals surface area contributed by atoms with E-state index in [9.17, 15) is 0 Å². The van der Waals surface area contributed by atoms with Crippen LogP contribution in [0.3, 0.4) is 0 Å². The molecule has 0 aliphatic carbocycles. The summed E-state index contributed by atoms with van der Waals surface area (Å²) in [4.78, 5) is 3.77. The van der Waals surface area contributed by atoms with Crippen molar-refractivity contribution in [3.8, 4) is 0 Å². The first-order chi connectivity index (χ1) is 8.30. The molecule has 0 saturated carbocycles. The van der Waals surface area contributed by atoms with Crippen molar-refractivity contribution in [3.63, 3.8) is 0 Å². The molecule has 2 rings (SSSR count). The topological polar surface area (TPSA) is 29.3 Å². The molecule has 0 unspecified atom stereocenters. The zero-order chi connectivity index (χ0) is 12.3. The molecular formula is C14H20N2S. The van der Waals surface area contributed by atoms with Crippen LogP contribution in [0.1, 0.15) is 24.3 Å². The van der Waals surface area contributed by atoms with Gasteiger partial charge in [-0.05, 0) is 30.1 Å². The van der Waals surface area contributed by atoms with Crippen LogP contribution in [0, 0.1) is 0 Å². The first kappa shape index (κ1) is 12.6. The van der Waals surface area contributed by atoms with Crippen LogP contribution < -0.4 is 5.73 Å². The highest BCUT2D eigenvalue weighted by atomic mass is 32.1. The second-order valence-electron chi connectivity index (χ2n) is 4.17. The normalized spacial score (nSPS) is 11.5. The lowest BCUT2D eigenvalue weighted by atomic mass is 10.1. The lowest BCUT2D eigenvalue weighted by Crippen LogP contribution is -2.22. The number of thiophene rings is 1. The van der Waals surface area contributed by atoms with E-state index in [1.807, 2.05) is 11.3 Å². The Labute approximate surface area is 107 Å². The van der Waals surface area contributed by atoms with Crippen molar-refractivity contribution in [3.05, 3.63) is 34.7 Å². The van der Waals surface area contributed by atoms with Gasteiger partial charge in [-0.3, -0.25) is 4.90 Å². The Hall–Kier alpha value is -0.900. The van der Waals surface area contributed by atoms with E-state index in [-0.39, 0.29) is 0 Å². The fourth-order valence-electron chi connectivity index (χ4n) is 2.16. The molecule has 92 valence electrons. The molecule has 0 atom stereocenters. The predicted octanol–water partition coefficient (Wildman–Crippen LogP) is 3.20. The highest BCUT2D eigenvalue weighted by molar-refractivity contribution is 7.19. The molecule has 0 amide bonds. The van der Waals surface area contributed by atoms with Crippen LogP contribution in [0.5, 0.6) is 0 Å². The molecule has 1 aromatic heterocycles. The summed E-state index contributed by atoms with van der Waals surface area (Å²) in [6.07, 6.45) is 0. The molecule has 1 aromatic carbocycles. The van der Waals surface area contributed by atoms with Gasteiger partial charge in [-0.15, -0.1) is 11.3 Å². The smallest absolute Gasteiger partial charge is 0.0349 e. The second-order valence-corrected chi connectivity index (χ2v) is 5.30. The number of benzene rings is 1. The van der Waals surface area contributed by atoms with Gasteiger partial charge in [0.2, 0.25) is 0 Å². The molecule has 0 spiro atoms. The van der Waals surface area contributed by atoms with E-state index in [0.29, 0.717) is 6.54 Å². The molecule has 0 radical (unpaired) electrons. The third-order valence-electron chi connectivity index (χ3n) is 3.24. The van der Waals surface area contributed by atoms with Crippen LogP contribution in [0.2, 0.25) is 0 Å². The van der Waals surface area contributed by atoms with Gasteiger partial charge in [-0.25, -0.2) is 0 Å². The summed E-state index contributed by atoms with van der Waals surface area (Å²) in [5, 5.41) is 1.38. The average Bonchev–Trinajstić information content (AvgIpc) is 2.73. The summed E-state index contributed by atoms with van der Waals surface area (Å²) >= 11 is 1.84. The van der Waals surface area contributed by atoms with Crippen LogP contribution in [0.25, 0.3) is 10.1 Å². The molecule has 0 aliphatic heterocycles. The maximum absolute atomic E-state index is 5.87. The van der Waals surface area contributed by atoms with E-state index in [1.54, 1.807) is 0 Å². The van der Waals surface area contributed by atoms with Gasteiger partial charge in [0.25, 0.3) is 0 Å². The maximum Gasteiger partial charge on any atom is 0.0349 e. The van der Waals surface area contributed by atoms with Crippen molar-refractivity contribution in [2.45, 2.75) is 26.9 Å². The van der Waals surface area contributed by atoms with Crippen molar-refractivity contribution in [1.82, 2.24) is 4.90 Å². The fourth-order valence-corrected chi connectivity index (χ4v) is 3.25. The highest BCUT2D eigenvalue weighted by Crippen LogP contribution is 2.31. The largest absolute Gasteiger partial charge is 0.326 e. The first-order valence-electron chi connectivity index (χ1n) is 6.21. The zero-order valence-corrected chi connectivity index (χ0v) is 11.4. The van der Waals surface area contributed by atoms with Crippen LogP contribution in [-0.2, 0) is 13.1 Å². The number of hydrogen-bond acceptors (Lipinski definition) is 3. The lowest BCUT2D eigenvalue weighted by molar-refractivity contribution is 0.296. The standard InChI is InChI=1S/C14H20N2S/c1-3-16(4-2)10-12-11-7-5-6-8-13(11)17-14(12)9-15/h5-8H,3-4,9-10,15H2,1-2H3. The summed E-state index contributed by atoms with van der Waals surface area (Å²) in [6, 6.07) is 8.61. The van der Waals surface area contributed by atoms with Gasteiger partial charge in [0.1, 0.15) is 0 Å². The van der Waals surface area contributed by atoms with Gasteiger partial charge in [0.05, 0.1) is 0 Å². The number of nitrogens with two attached hydrogens (primary N) is 1. The fraction of sp³-hybridized carbons (Fsp3) is 0.429. The van der Waals surface area contributed by atoms with Gasteiger partial charge >= 0.3 is 0 Å². The molecule has 3 heteroatoms. The van der Waals surface area contributed by atoms with Gasteiger partial charge in [0.15, 0.2) is 0 Å². The Morgan fingerprint density at radius 1 is 1.18 bits per heavy atom. The third kappa shape index (κ3) is 2.51. The molecule has 0 saturated heterocycles. The van der Waals surface area contributed by atoms with Crippen molar-refractivity contribution in [1.29, 1.82) is 0 Å². The van der Waals surface area contributed by atoms with E-state index in [0.717, 1.165) is 19.6 Å². The number of rotatable bonds is 5. The Balaban J connectivity index is 2.42. The molecule has 0 fully saturated rings.